The van der Waals surface area contributed by atoms with E-state index < -0.39 is 121 Å². The van der Waals surface area contributed by atoms with Gasteiger partial charge in [-0.25, -0.2) is 4.79 Å². The predicted molar refractivity (Wildman–Crippen MR) is 230 cm³/mol. The van der Waals surface area contributed by atoms with Gasteiger partial charge < -0.3 is 79.1 Å². The lowest BCUT2D eigenvalue weighted by atomic mass is 9.33. The standard InChI is InChI=1S/C48H76O18/c1-43(2)15-17-48(42(58)59)18-16-46(6)22(23(48)19-43)9-10-27-45(5)13-12-28(44(3,4)26(45)11-14-47(27,46)7)64-41-35(56)32(53)36(37(66-41)38(57)60-8)65-40-34(55)31(52)30(51)25(63-40)21-62-39-33(54)29(50)24(49)20-61-39/h9,23-37,39-41,49-56H,10-21H2,1-8H3,(H,58,59)/t23-,24+,25+,26-,27+,28-,29-,30+,31-,32+,33+,34+,35+,36-,37-,39-,40-,41+,45-,46+,47+,48-/m0/s1. The smallest absolute Gasteiger partial charge is 0.337 e. The second-order valence-electron chi connectivity index (χ2n) is 23.3. The molecule has 66 heavy (non-hydrogen) atoms. The van der Waals surface area contributed by atoms with Gasteiger partial charge in [-0.05, 0) is 109 Å². The van der Waals surface area contributed by atoms with Gasteiger partial charge in [0.15, 0.2) is 25.0 Å². The molecule has 8 aliphatic rings. The van der Waals surface area contributed by atoms with Gasteiger partial charge in [-0.1, -0.05) is 60.1 Å². The maximum absolute atomic E-state index is 13.3. The van der Waals surface area contributed by atoms with Crippen molar-refractivity contribution in [3.8, 4) is 0 Å². The van der Waals surface area contributed by atoms with E-state index in [9.17, 15) is 55.5 Å². The molecule has 7 fully saturated rings. The zero-order chi connectivity index (χ0) is 48.3. The summed E-state index contributed by atoms with van der Waals surface area (Å²) in [5, 5.41) is 96.6. The van der Waals surface area contributed by atoms with Gasteiger partial charge >= 0.3 is 11.9 Å². The van der Waals surface area contributed by atoms with Gasteiger partial charge in [0.1, 0.15) is 61.0 Å². The molecule has 3 aliphatic heterocycles. The van der Waals surface area contributed by atoms with E-state index >= 15 is 0 Å². The van der Waals surface area contributed by atoms with Crippen LogP contribution in [0.4, 0.5) is 0 Å². The SMILES string of the molecule is COC(=O)[C@H]1O[C@@H](O[C@H]2CC[C@]3(C)[C@H]4CC=C5[C@@H]6CC(C)(C)CC[C@]6(C(=O)O)CC[C@@]5(C)[C@]4(C)CC[C@H]3C2(C)C)[C@H](O)[C@@H](O)[C@@H]1O[C@@H]1O[C@H](CO[C@@H]2OC[C@@H](O)[C@H](O)[C@H]2O)[C@@H](O)[C@H](O)[C@H]1O. The molecule has 4 saturated carbocycles. The molecule has 8 rings (SSSR count). The van der Waals surface area contributed by atoms with Crippen LogP contribution < -0.4 is 0 Å². The van der Waals surface area contributed by atoms with Crippen LogP contribution in [0.15, 0.2) is 11.6 Å². The van der Waals surface area contributed by atoms with Crippen molar-refractivity contribution in [1.82, 2.24) is 0 Å². The van der Waals surface area contributed by atoms with Gasteiger partial charge in [0.25, 0.3) is 0 Å². The van der Waals surface area contributed by atoms with E-state index in [4.69, 9.17) is 33.2 Å². The molecule has 376 valence electrons. The van der Waals surface area contributed by atoms with Crippen LogP contribution in [0.1, 0.15) is 113 Å². The molecule has 0 amide bonds. The summed E-state index contributed by atoms with van der Waals surface area (Å²) >= 11 is 0. The molecule has 18 nitrogen and oxygen atoms in total. The summed E-state index contributed by atoms with van der Waals surface area (Å²) in [7, 11) is 1.10. The monoisotopic (exact) mass is 941 g/mol. The normalized spacial score (nSPS) is 52.1. The largest absolute Gasteiger partial charge is 0.481 e. The predicted octanol–water partition coefficient (Wildman–Crippen LogP) is 1.53. The quantitative estimate of drug-likeness (QED) is 0.0900. The topological polar surface area (TPSA) is 281 Å². The first-order chi connectivity index (χ1) is 30.8. The molecule has 5 aliphatic carbocycles. The number of esters is 1. The molecule has 3 heterocycles. The summed E-state index contributed by atoms with van der Waals surface area (Å²) in [6.07, 6.45) is -13.4. The number of aliphatic hydroxyl groups excluding tert-OH is 8. The number of carbonyl (C=O) groups excluding carboxylic acids is 1. The molecule has 3 saturated heterocycles. The fourth-order valence-corrected chi connectivity index (χ4v) is 14.9. The number of aliphatic hydroxyl groups is 8. The minimum atomic E-state index is -1.93. The van der Waals surface area contributed by atoms with Crippen LogP contribution in [0.2, 0.25) is 0 Å². The van der Waals surface area contributed by atoms with Gasteiger partial charge in [0.2, 0.25) is 0 Å². The van der Waals surface area contributed by atoms with Crippen LogP contribution >= 0.6 is 0 Å². The summed E-state index contributed by atoms with van der Waals surface area (Å²) in [5.41, 5.74) is -0.0680. The number of allylic oxidation sites excluding steroid dienone is 2. The van der Waals surface area contributed by atoms with Crippen molar-refractivity contribution >= 4 is 11.9 Å². The first kappa shape index (κ1) is 50.5. The molecular formula is C48H76O18. The van der Waals surface area contributed by atoms with E-state index in [-0.39, 0.29) is 40.1 Å². The van der Waals surface area contributed by atoms with Crippen LogP contribution in [0, 0.1) is 50.2 Å². The average Bonchev–Trinajstić information content (AvgIpc) is 3.25. The third kappa shape index (κ3) is 7.92. The van der Waals surface area contributed by atoms with Crippen LogP contribution in [0.3, 0.4) is 0 Å². The highest BCUT2D eigenvalue weighted by molar-refractivity contribution is 5.77. The van der Waals surface area contributed by atoms with Crippen molar-refractivity contribution < 1.29 is 88.7 Å². The van der Waals surface area contributed by atoms with Gasteiger partial charge in [0, 0.05) is 0 Å². The van der Waals surface area contributed by atoms with Gasteiger partial charge in [-0.2, -0.15) is 0 Å². The zero-order valence-corrected chi connectivity index (χ0v) is 39.7. The van der Waals surface area contributed by atoms with Crippen molar-refractivity contribution in [2.75, 3.05) is 20.3 Å². The minimum Gasteiger partial charge on any atom is -0.481 e. The molecule has 0 aromatic heterocycles. The number of carbonyl (C=O) groups is 2. The number of hydrogen-bond donors (Lipinski definition) is 9. The van der Waals surface area contributed by atoms with E-state index in [0.717, 1.165) is 52.1 Å². The van der Waals surface area contributed by atoms with Crippen molar-refractivity contribution in [1.29, 1.82) is 0 Å². The van der Waals surface area contributed by atoms with Crippen molar-refractivity contribution in [3.63, 3.8) is 0 Å². The second-order valence-corrected chi connectivity index (χ2v) is 23.3. The Bertz CT molecular complexity index is 1840. The maximum atomic E-state index is 13.3. The molecular weight excluding hydrogens is 865 g/mol. The molecule has 0 bridgehead atoms. The average molecular weight is 941 g/mol. The van der Waals surface area contributed by atoms with Gasteiger partial charge in [-0.3, -0.25) is 4.79 Å². The third-order valence-corrected chi connectivity index (χ3v) is 19.1. The fourth-order valence-electron chi connectivity index (χ4n) is 14.9. The van der Waals surface area contributed by atoms with Crippen molar-refractivity contribution in [2.45, 2.75) is 205 Å². The van der Waals surface area contributed by atoms with Crippen LogP contribution in [-0.2, 0) is 42.7 Å². The molecule has 18 heteroatoms. The summed E-state index contributed by atoms with van der Waals surface area (Å²) in [4.78, 5) is 26.5. The number of aliphatic carboxylic acids is 1. The third-order valence-electron chi connectivity index (χ3n) is 19.1. The van der Waals surface area contributed by atoms with E-state index in [1.54, 1.807) is 0 Å². The fraction of sp³-hybridized carbons (Fsp3) is 0.917. The number of ether oxygens (including phenoxy) is 7. The first-order valence-electron chi connectivity index (χ1n) is 24.1. The maximum Gasteiger partial charge on any atom is 0.337 e. The lowest BCUT2D eigenvalue weighted by Crippen LogP contribution is -2.67. The molecule has 9 N–H and O–H groups in total. The van der Waals surface area contributed by atoms with Crippen molar-refractivity contribution in [2.24, 2.45) is 50.2 Å². The van der Waals surface area contributed by atoms with Crippen LogP contribution in [0.5, 0.6) is 0 Å². The number of fused-ring (bicyclic) bond motifs is 7. The lowest BCUT2D eigenvalue weighted by molar-refractivity contribution is -0.366. The Morgan fingerprint density at radius 1 is 0.712 bits per heavy atom. The highest BCUT2D eigenvalue weighted by Crippen LogP contribution is 2.76. The van der Waals surface area contributed by atoms with Gasteiger partial charge in [0.05, 0.1) is 31.8 Å². The lowest BCUT2D eigenvalue weighted by Gasteiger charge is -2.71. The summed E-state index contributed by atoms with van der Waals surface area (Å²) in [6.45, 7) is 15.3. The number of rotatable bonds is 9. The Kier molecular flexibility index (Phi) is 13.6. The van der Waals surface area contributed by atoms with Gasteiger partial charge in [-0.15, -0.1) is 0 Å². The van der Waals surface area contributed by atoms with E-state index in [1.165, 1.54) is 5.57 Å². The van der Waals surface area contributed by atoms with Crippen molar-refractivity contribution in [3.05, 3.63) is 11.6 Å². The number of methoxy groups -OCH3 is 1. The van der Waals surface area contributed by atoms with E-state index in [2.05, 4.69) is 54.5 Å². The Hall–Kier alpha value is -1.88. The highest BCUT2D eigenvalue weighted by Gasteiger charge is 2.70. The highest BCUT2D eigenvalue weighted by atomic mass is 16.8. The molecule has 0 aromatic carbocycles. The summed E-state index contributed by atoms with van der Waals surface area (Å²) in [6, 6.07) is 0. The van der Waals surface area contributed by atoms with E-state index in [1.807, 2.05) is 0 Å². The molecule has 0 unspecified atom stereocenters. The number of carboxylic acids is 1. The Morgan fingerprint density at radius 2 is 1.36 bits per heavy atom. The second kappa shape index (κ2) is 17.8. The number of hydrogen-bond acceptors (Lipinski definition) is 17. The minimum absolute atomic E-state index is 0.0138. The Balaban J connectivity index is 0.968. The molecule has 0 spiro atoms. The van der Waals surface area contributed by atoms with Crippen LogP contribution in [-0.4, -0.2) is 170 Å². The summed E-state index contributed by atoms with van der Waals surface area (Å²) < 4.78 is 40.2. The van der Waals surface area contributed by atoms with Crippen LogP contribution in [0.25, 0.3) is 0 Å². The first-order valence-corrected chi connectivity index (χ1v) is 24.1. The Morgan fingerprint density at radius 3 is 2.05 bits per heavy atom. The number of carboxylic acid groups (broad SMARTS) is 1. The molecule has 0 aromatic rings. The molecule has 0 radical (unpaired) electrons. The van der Waals surface area contributed by atoms with E-state index in [0.29, 0.717) is 25.2 Å². The Labute approximate surface area is 386 Å². The zero-order valence-electron chi connectivity index (χ0n) is 39.7. The summed E-state index contributed by atoms with van der Waals surface area (Å²) in [5.74, 6) is -1.12. The molecule has 22 atom stereocenters.